The molecule has 0 amide bonds. The van der Waals surface area contributed by atoms with Gasteiger partial charge in [0.2, 0.25) is 0 Å². The summed E-state index contributed by atoms with van der Waals surface area (Å²) >= 11 is 0. The smallest absolute Gasteiger partial charge is 0.150 e. The van der Waals surface area contributed by atoms with Crippen LogP contribution in [0.3, 0.4) is 0 Å². The van der Waals surface area contributed by atoms with E-state index in [1.165, 1.54) is 0 Å². The maximum atomic E-state index is 11.0. The van der Waals surface area contributed by atoms with Crippen molar-refractivity contribution in [3.8, 4) is 0 Å². The highest BCUT2D eigenvalue weighted by molar-refractivity contribution is 7.91. The molecule has 1 heterocycles. The molecule has 2 atom stereocenters. The molecule has 0 aromatic heterocycles. The molecule has 0 radical (unpaired) electrons. The van der Waals surface area contributed by atoms with Crippen LogP contribution < -0.4 is 0 Å². The Kier molecular flexibility index (Phi) is 3.12. The minimum absolute atomic E-state index is 0.00468. The highest BCUT2D eigenvalue weighted by atomic mass is 32.2. The molecule has 1 unspecified atom stereocenters. The molecular weight excluding hydrogens is 176 g/mol. The summed E-state index contributed by atoms with van der Waals surface area (Å²) in [6.45, 7) is 1.99. The maximum absolute atomic E-state index is 11.0. The van der Waals surface area contributed by atoms with E-state index in [9.17, 15) is 13.5 Å². The van der Waals surface area contributed by atoms with Gasteiger partial charge in [-0.05, 0) is 18.8 Å². The number of aliphatic hydroxyl groups is 1. The zero-order valence-electron chi connectivity index (χ0n) is 7.36. The molecule has 4 heteroatoms. The number of hydrogen-bond donors (Lipinski definition) is 1. The third kappa shape index (κ3) is 2.45. The van der Waals surface area contributed by atoms with Gasteiger partial charge < -0.3 is 5.11 Å². The van der Waals surface area contributed by atoms with Crippen LogP contribution in [0.1, 0.15) is 26.2 Å². The van der Waals surface area contributed by atoms with Crippen molar-refractivity contribution in [2.24, 2.45) is 5.92 Å². The van der Waals surface area contributed by atoms with E-state index in [1.807, 2.05) is 6.92 Å². The van der Waals surface area contributed by atoms with Crippen LogP contribution in [0, 0.1) is 5.92 Å². The third-order valence-corrected chi connectivity index (χ3v) is 4.19. The van der Waals surface area contributed by atoms with Crippen molar-refractivity contribution in [2.75, 3.05) is 11.5 Å². The predicted octanol–water partition coefficient (Wildman–Crippen LogP) is 0.582. The van der Waals surface area contributed by atoms with Gasteiger partial charge >= 0.3 is 0 Å². The molecule has 72 valence electrons. The summed E-state index contributed by atoms with van der Waals surface area (Å²) in [5.74, 6) is 0.446. The minimum atomic E-state index is -2.82. The van der Waals surface area contributed by atoms with Gasteiger partial charge in [0.15, 0.2) is 9.84 Å². The molecule has 12 heavy (non-hydrogen) atoms. The first-order valence-corrected chi connectivity index (χ1v) is 6.26. The van der Waals surface area contributed by atoms with Gasteiger partial charge in [0.1, 0.15) is 0 Å². The molecule has 1 aliphatic rings. The van der Waals surface area contributed by atoms with Gasteiger partial charge in [-0.3, -0.25) is 0 Å². The normalized spacial score (nSPS) is 30.3. The van der Waals surface area contributed by atoms with Crippen molar-refractivity contribution in [1.29, 1.82) is 0 Å². The van der Waals surface area contributed by atoms with Crippen molar-refractivity contribution in [3.05, 3.63) is 0 Å². The molecule has 1 fully saturated rings. The quantitative estimate of drug-likeness (QED) is 0.711. The Labute approximate surface area is 73.7 Å². The Bertz CT molecular complexity index is 233. The molecule has 0 aromatic rings. The van der Waals surface area contributed by atoms with E-state index in [-0.39, 0.29) is 17.4 Å². The summed E-state index contributed by atoms with van der Waals surface area (Å²) in [5.41, 5.74) is 0. The molecule has 0 aromatic carbocycles. The molecule has 0 spiro atoms. The van der Waals surface area contributed by atoms with E-state index >= 15 is 0 Å². The Morgan fingerprint density at radius 2 is 2.25 bits per heavy atom. The number of sulfone groups is 1. The van der Waals surface area contributed by atoms with E-state index in [0.717, 1.165) is 12.8 Å². The van der Waals surface area contributed by atoms with Crippen molar-refractivity contribution in [2.45, 2.75) is 32.3 Å². The third-order valence-electron chi connectivity index (χ3n) is 2.40. The molecule has 1 rings (SSSR count). The van der Waals surface area contributed by atoms with Crippen LogP contribution in [-0.2, 0) is 9.84 Å². The van der Waals surface area contributed by atoms with Crippen LogP contribution in [-0.4, -0.2) is 31.1 Å². The highest BCUT2D eigenvalue weighted by Gasteiger charge is 2.32. The zero-order valence-corrected chi connectivity index (χ0v) is 8.18. The lowest BCUT2D eigenvalue weighted by molar-refractivity contribution is 0.110. The van der Waals surface area contributed by atoms with E-state index in [2.05, 4.69) is 0 Å². The Balaban J connectivity index is 2.46. The van der Waals surface area contributed by atoms with Crippen LogP contribution in [0.5, 0.6) is 0 Å². The summed E-state index contributed by atoms with van der Waals surface area (Å²) in [7, 11) is -2.82. The molecule has 0 aliphatic carbocycles. The first-order chi connectivity index (χ1) is 5.55. The second kappa shape index (κ2) is 3.75. The molecule has 1 N–H and O–H groups in total. The fourth-order valence-electron chi connectivity index (χ4n) is 1.66. The van der Waals surface area contributed by atoms with E-state index in [1.54, 1.807) is 0 Å². The number of hydrogen-bond acceptors (Lipinski definition) is 3. The van der Waals surface area contributed by atoms with Crippen molar-refractivity contribution in [3.63, 3.8) is 0 Å². The van der Waals surface area contributed by atoms with Crippen LogP contribution in [0.2, 0.25) is 0 Å². The minimum Gasteiger partial charge on any atom is -0.393 e. The fraction of sp³-hybridized carbons (Fsp3) is 1.00. The Hall–Kier alpha value is -0.0900. The largest absolute Gasteiger partial charge is 0.393 e. The number of aliphatic hydroxyl groups excluding tert-OH is 1. The van der Waals surface area contributed by atoms with Crippen molar-refractivity contribution in [1.82, 2.24) is 0 Å². The average Bonchev–Trinajstić information content (AvgIpc) is 2.31. The zero-order chi connectivity index (χ0) is 9.19. The summed E-state index contributed by atoms with van der Waals surface area (Å²) in [6.07, 6.45) is 1.87. The standard InChI is InChI=1S/C8H16O3S/c1-2-3-8(9)7-4-5-12(10,11)6-7/h7-9H,2-6H2,1H3/t7?,8-/m0/s1. The molecule has 1 aliphatic heterocycles. The van der Waals surface area contributed by atoms with Gasteiger partial charge in [0.25, 0.3) is 0 Å². The second-order valence-electron chi connectivity index (χ2n) is 3.52. The monoisotopic (exact) mass is 192 g/mol. The first kappa shape index (κ1) is 9.99. The molecule has 0 saturated carbocycles. The van der Waals surface area contributed by atoms with Crippen molar-refractivity contribution < 1.29 is 13.5 Å². The van der Waals surface area contributed by atoms with Crippen LogP contribution >= 0.6 is 0 Å². The summed E-state index contributed by atoms with van der Waals surface area (Å²) < 4.78 is 22.1. The second-order valence-corrected chi connectivity index (χ2v) is 5.75. The first-order valence-electron chi connectivity index (χ1n) is 4.43. The van der Waals surface area contributed by atoms with E-state index < -0.39 is 15.9 Å². The molecular formula is C8H16O3S. The van der Waals surface area contributed by atoms with Crippen LogP contribution in [0.25, 0.3) is 0 Å². The van der Waals surface area contributed by atoms with Gasteiger partial charge in [-0.15, -0.1) is 0 Å². The average molecular weight is 192 g/mol. The fourth-order valence-corrected chi connectivity index (χ4v) is 3.53. The van der Waals surface area contributed by atoms with E-state index in [4.69, 9.17) is 0 Å². The van der Waals surface area contributed by atoms with Crippen molar-refractivity contribution >= 4 is 9.84 Å². The van der Waals surface area contributed by atoms with Gasteiger partial charge in [0, 0.05) is 0 Å². The summed E-state index contributed by atoms with van der Waals surface area (Å²) in [5, 5.41) is 9.52. The lowest BCUT2D eigenvalue weighted by Crippen LogP contribution is -2.21. The topological polar surface area (TPSA) is 54.4 Å². The SMILES string of the molecule is CCC[C@H](O)C1CCS(=O)(=O)C1. The molecule has 1 saturated heterocycles. The molecule has 0 bridgehead atoms. The Morgan fingerprint density at radius 3 is 2.67 bits per heavy atom. The molecule has 3 nitrogen and oxygen atoms in total. The lowest BCUT2D eigenvalue weighted by atomic mass is 9.98. The summed E-state index contributed by atoms with van der Waals surface area (Å²) in [6, 6.07) is 0. The maximum Gasteiger partial charge on any atom is 0.150 e. The Morgan fingerprint density at radius 1 is 1.58 bits per heavy atom. The highest BCUT2D eigenvalue weighted by Crippen LogP contribution is 2.23. The van der Waals surface area contributed by atoms with Crippen LogP contribution in [0.15, 0.2) is 0 Å². The van der Waals surface area contributed by atoms with Gasteiger partial charge in [-0.25, -0.2) is 8.42 Å². The van der Waals surface area contributed by atoms with Crippen LogP contribution in [0.4, 0.5) is 0 Å². The van der Waals surface area contributed by atoms with E-state index in [0.29, 0.717) is 6.42 Å². The number of rotatable bonds is 3. The van der Waals surface area contributed by atoms with Gasteiger partial charge in [-0.1, -0.05) is 13.3 Å². The van der Waals surface area contributed by atoms with Gasteiger partial charge in [0.05, 0.1) is 17.6 Å². The predicted molar refractivity (Wildman–Crippen MR) is 47.7 cm³/mol. The lowest BCUT2D eigenvalue weighted by Gasteiger charge is -2.14. The van der Waals surface area contributed by atoms with Gasteiger partial charge in [-0.2, -0.15) is 0 Å². The summed E-state index contributed by atoms with van der Waals surface area (Å²) in [4.78, 5) is 0.